The molecular weight excluding hydrogens is 416 g/mol. The van der Waals surface area contributed by atoms with Crippen molar-refractivity contribution in [1.29, 1.82) is 0 Å². The summed E-state index contributed by atoms with van der Waals surface area (Å²) in [6, 6.07) is 0. The van der Waals surface area contributed by atoms with Crippen LogP contribution in [-0.2, 0) is 43.9 Å². The average Bonchev–Trinajstić information content (AvgIpc) is 3.29. The zero-order valence-corrected chi connectivity index (χ0v) is 21.1. The van der Waals surface area contributed by atoms with E-state index < -0.39 is 0 Å². The number of carbonyl (C=O) groups is 1. The van der Waals surface area contributed by atoms with Crippen LogP contribution in [0.4, 0.5) is 0 Å². The zero-order valence-electron chi connectivity index (χ0n) is 18.2. The molecule has 0 spiro atoms. The third-order valence-electron chi connectivity index (χ3n) is 3.98. The van der Waals surface area contributed by atoms with Gasteiger partial charge in [0, 0.05) is 63.6 Å². The third-order valence-corrected chi connectivity index (χ3v) is 3.98. The molecule has 2 aromatic rings. The maximum absolute atomic E-state index is 11.5. The predicted octanol–water partition coefficient (Wildman–Crippen LogP) is 3.18. The summed E-state index contributed by atoms with van der Waals surface area (Å²) in [6.07, 6.45) is 4.54. The molecule has 1 saturated heterocycles. The molecule has 0 atom stereocenters. The summed E-state index contributed by atoms with van der Waals surface area (Å²) in [6.45, 7) is 16.4. The standard InChI is InChI=1S/C10H13N3O.C5H9BNO.2C2H6.Y/c1-4-8-5-11-10(14)13-7(3)6(2)12-9(8)13;1-5(8)7-3-2-6-4-7;2*1-2;/h5H,4H2,1-3H3,(H,11,14);2-4H2,1H3;2*1-2H3;. The molecule has 1 aliphatic rings. The van der Waals surface area contributed by atoms with Crippen LogP contribution >= 0.6 is 0 Å². The Hall–Kier alpha value is -0.941. The Morgan fingerprint density at radius 1 is 1.26 bits per heavy atom. The Kier molecular flexibility index (Phi) is 15.7. The maximum atomic E-state index is 11.5. The zero-order chi connectivity index (χ0) is 20.3. The second-order valence-electron chi connectivity index (χ2n) is 5.46. The fourth-order valence-electron chi connectivity index (χ4n) is 2.48. The van der Waals surface area contributed by atoms with Crippen LogP contribution < -0.4 is 5.69 Å². The molecule has 1 fully saturated rings. The molecule has 2 radical (unpaired) electrons. The summed E-state index contributed by atoms with van der Waals surface area (Å²) < 4.78 is 1.63. The molecule has 148 valence electrons. The number of rotatable bonds is 1. The van der Waals surface area contributed by atoms with Crippen LogP contribution in [0.15, 0.2) is 11.0 Å². The first-order valence-corrected chi connectivity index (χ1v) is 9.59. The van der Waals surface area contributed by atoms with Crippen LogP contribution in [0.1, 0.15) is 58.5 Å². The molecule has 0 unspecified atom stereocenters. The first-order chi connectivity index (χ1) is 12.5. The molecule has 1 aliphatic heterocycles. The molecule has 2 aromatic heterocycles. The number of hydrogen-bond donors (Lipinski definition) is 1. The van der Waals surface area contributed by atoms with Crippen molar-refractivity contribution in [1.82, 2.24) is 19.3 Å². The van der Waals surface area contributed by atoms with Crippen LogP contribution in [0, 0.1) is 13.8 Å². The van der Waals surface area contributed by atoms with Gasteiger partial charge < -0.3 is 9.88 Å². The normalized spacial score (nSPS) is 11.6. The van der Waals surface area contributed by atoms with Crippen molar-refractivity contribution < 1.29 is 37.5 Å². The van der Waals surface area contributed by atoms with Gasteiger partial charge in [0.25, 0.3) is 0 Å². The van der Waals surface area contributed by atoms with Gasteiger partial charge in [0.2, 0.25) is 5.91 Å². The summed E-state index contributed by atoms with van der Waals surface area (Å²) in [5.41, 5.74) is 3.57. The van der Waals surface area contributed by atoms with Crippen LogP contribution in [0.25, 0.3) is 5.65 Å². The number of nitrogens with zero attached hydrogens (tertiary/aromatic N) is 3. The number of imidazole rings is 1. The number of aryl methyl sites for hydroxylation is 3. The van der Waals surface area contributed by atoms with Gasteiger partial charge in [-0.25, -0.2) is 14.2 Å². The predicted molar refractivity (Wildman–Crippen MR) is 110 cm³/mol. The first-order valence-electron chi connectivity index (χ1n) is 9.59. The molecule has 0 bridgehead atoms. The van der Waals surface area contributed by atoms with E-state index in [0.717, 1.165) is 48.3 Å². The van der Waals surface area contributed by atoms with E-state index in [1.807, 2.05) is 53.4 Å². The van der Waals surface area contributed by atoms with E-state index in [-0.39, 0.29) is 44.3 Å². The monoisotopic (exact) mass is 450 g/mol. The number of H-pyrrole nitrogens is 1. The first kappa shape index (κ1) is 28.3. The molecule has 1 N–H and O–H groups in total. The van der Waals surface area contributed by atoms with Gasteiger partial charge in [0.1, 0.15) is 12.9 Å². The minimum atomic E-state index is -0.115. The van der Waals surface area contributed by atoms with Crippen molar-refractivity contribution >= 4 is 18.8 Å². The van der Waals surface area contributed by atoms with Gasteiger partial charge in [-0.1, -0.05) is 40.9 Å². The van der Waals surface area contributed by atoms with Gasteiger partial charge in [-0.3, -0.25) is 4.79 Å². The van der Waals surface area contributed by atoms with Gasteiger partial charge in [0.15, 0.2) is 0 Å². The van der Waals surface area contributed by atoms with Gasteiger partial charge in [0.05, 0.1) is 5.69 Å². The summed E-state index contributed by atoms with van der Waals surface area (Å²) >= 11 is 0. The second kappa shape index (κ2) is 15.0. The maximum Gasteiger partial charge on any atom is 0.331 e. The minimum Gasteiger partial charge on any atom is -0.352 e. The topological polar surface area (TPSA) is 70.5 Å². The number of aromatic nitrogens is 3. The Morgan fingerprint density at radius 2 is 1.85 bits per heavy atom. The molecule has 3 heterocycles. The van der Waals surface area contributed by atoms with Crippen LogP contribution in [0.2, 0.25) is 6.32 Å². The Bertz CT molecular complexity index is 737. The molecular formula is C19H34BN4O2Y. The molecule has 0 aromatic carbocycles. The van der Waals surface area contributed by atoms with E-state index in [0.29, 0.717) is 0 Å². The molecule has 3 rings (SSSR count). The molecule has 27 heavy (non-hydrogen) atoms. The fraction of sp³-hybridized carbons (Fsp3) is 0.632. The summed E-state index contributed by atoms with van der Waals surface area (Å²) in [4.78, 5) is 31.0. The third kappa shape index (κ3) is 7.90. The van der Waals surface area contributed by atoms with Crippen molar-refractivity contribution in [3.63, 3.8) is 0 Å². The number of nitrogens with one attached hydrogen (secondary N) is 1. The van der Waals surface area contributed by atoms with Crippen molar-refractivity contribution in [3.8, 4) is 0 Å². The van der Waals surface area contributed by atoms with E-state index in [2.05, 4.69) is 17.2 Å². The van der Waals surface area contributed by atoms with Crippen LogP contribution in [-0.4, -0.2) is 45.4 Å². The molecule has 6 nitrogen and oxygen atoms in total. The molecule has 0 saturated carbocycles. The van der Waals surface area contributed by atoms with Crippen LogP contribution in [0.3, 0.4) is 0 Å². The molecule has 8 heteroatoms. The van der Waals surface area contributed by atoms with E-state index in [1.54, 1.807) is 17.5 Å². The quantitative estimate of drug-likeness (QED) is 0.679. The van der Waals surface area contributed by atoms with Crippen molar-refractivity contribution in [2.45, 2.75) is 68.1 Å². The summed E-state index contributed by atoms with van der Waals surface area (Å²) in [5.74, 6) is 0.193. The minimum absolute atomic E-state index is 0. The summed E-state index contributed by atoms with van der Waals surface area (Å²) in [5, 5.41) is 0. The smallest absolute Gasteiger partial charge is 0.331 e. The van der Waals surface area contributed by atoms with E-state index in [1.165, 1.54) is 0 Å². The Labute approximate surface area is 189 Å². The number of carbonyl (C=O) groups excluding carboxylic acids is 1. The van der Waals surface area contributed by atoms with Gasteiger partial charge >= 0.3 is 5.69 Å². The van der Waals surface area contributed by atoms with Gasteiger partial charge in [-0.2, -0.15) is 0 Å². The number of aromatic amines is 1. The number of amides is 1. The number of fused-ring (bicyclic) bond motifs is 1. The SMILES string of the molecule is CC.CC.CC(=O)N1C[B]CC1.CCc1c[nH]c(=O)n2c(C)c(C)nc12.[Y]. The van der Waals surface area contributed by atoms with E-state index >= 15 is 0 Å². The van der Waals surface area contributed by atoms with E-state index in [4.69, 9.17) is 0 Å². The Balaban J connectivity index is 0. The van der Waals surface area contributed by atoms with Gasteiger partial charge in [-0.15, -0.1) is 0 Å². The second-order valence-corrected chi connectivity index (χ2v) is 5.46. The largest absolute Gasteiger partial charge is 0.352 e. The molecule has 0 aliphatic carbocycles. The van der Waals surface area contributed by atoms with Crippen LogP contribution in [0.5, 0.6) is 0 Å². The van der Waals surface area contributed by atoms with Crippen molar-refractivity contribution in [2.24, 2.45) is 0 Å². The number of hydrogen-bond acceptors (Lipinski definition) is 3. The van der Waals surface area contributed by atoms with Crippen molar-refractivity contribution in [2.75, 3.05) is 13.0 Å². The van der Waals surface area contributed by atoms with E-state index in [9.17, 15) is 9.59 Å². The van der Waals surface area contributed by atoms with Crippen molar-refractivity contribution in [3.05, 3.63) is 33.6 Å². The fourth-order valence-corrected chi connectivity index (χ4v) is 2.48. The Morgan fingerprint density at radius 3 is 2.26 bits per heavy atom. The molecule has 1 amide bonds. The van der Waals surface area contributed by atoms with Gasteiger partial charge in [-0.05, 0) is 26.7 Å². The average molecular weight is 450 g/mol. The summed E-state index contributed by atoms with van der Waals surface area (Å²) in [7, 11) is 2.13.